The molecule has 3 heterocycles. The molecule has 1 aliphatic heterocycles. The van der Waals surface area contributed by atoms with Gasteiger partial charge in [0.2, 0.25) is 0 Å². The molecule has 3 aromatic rings. The van der Waals surface area contributed by atoms with Gasteiger partial charge in [0.25, 0.3) is 0 Å². The molecule has 0 radical (unpaired) electrons. The van der Waals surface area contributed by atoms with Crippen molar-refractivity contribution in [3.05, 3.63) is 53.2 Å². The number of nitrogens with one attached hydrogen (secondary N) is 2. The van der Waals surface area contributed by atoms with Gasteiger partial charge in [-0.25, -0.2) is 19.3 Å². The molecule has 0 saturated carbocycles. The number of hydrogen-bond donors (Lipinski definition) is 2. The molecule has 1 saturated heterocycles. The summed E-state index contributed by atoms with van der Waals surface area (Å²) < 4.78 is 14.1. The number of pyridine rings is 1. The molecule has 5 nitrogen and oxygen atoms in total. The first-order chi connectivity index (χ1) is 11.7. The molecule has 24 heavy (non-hydrogen) atoms. The van der Waals surface area contributed by atoms with E-state index in [1.165, 1.54) is 12.4 Å². The van der Waals surface area contributed by atoms with Gasteiger partial charge in [-0.3, -0.25) is 0 Å². The number of halogens is 2. The summed E-state index contributed by atoms with van der Waals surface area (Å²) in [6.45, 7) is 1.91. The number of rotatable bonds is 3. The monoisotopic (exact) mass is 343 g/mol. The minimum atomic E-state index is -0.512. The van der Waals surface area contributed by atoms with Gasteiger partial charge in [0.05, 0.1) is 16.2 Å². The van der Waals surface area contributed by atoms with E-state index in [4.69, 9.17) is 16.6 Å². The first kappa shape index (κ1) is 15.2. The van der Waals surface area contributed by atoms with Crippen LogP contribution in [0.5, 0.6) is 0 Å². The van der Waals surface area contributed by atoms with Crippen LogP contribution in [0.2, 0.25) is 5.02 Å². The molecule has 122 valence electrons. The van der Waals surface area contributed by atoms with Gasteiger partial charge >= 0.3 is 0 Å². The topological polar surface area (TPSA) is 62.7 Å². The quantitative estimate of drug-likeness (QED) is 0.760. The van der Waals surface area contributed by atoms with Crippen molar-refractivity contribution in [2.75, 3.05) is 18.4 Å². The van der Waals surface area contributed by atoms with Crippen LogP contribution in [0, 0.1) is 5.82 Å². The lowest BCUT2D eigenvalue weighted by molar-refractivity contribution is 0.632. The van der Waals surface area contributed by atoms with E-state index < -0.39 is 5.82 Å². The van der Waals surface area contributed by atoms with Crippen molar-refractivity contribution in [3.8, 4) is 0 Å². The van der Waals surface area contributed by atoms with Crippen molar-refractivity contribution in [2.45, 2.75) is 12.3 Å². The van der Waals surface area contributed by atoms with Gasteiger partial charge in [-0.05, 0) is 37.2 Å². The molecule has 0 bridgehead atoms. The van der Waals surface area contributed by atoms with Gasteiger partial charge < -0.3 is 10.6 Å². The molecular formula is C17H15ClFN5. The van der Waals surface area contributed by atoms with Gasteiger partial charge in [0.1, 0.15) is 11.8 Å². The first-order valence-electron chi connectivity index (χ1n) is 7.76. The molecular weight excluding hydrogens is 329 g/mol. The second-order valence-electron chi connectivity index (χ2n) is 5.74. The van der Waals surface area contributed by atoms with Crippen molar-refractivity contribution in [1.82, 2.24) is 20.3 Å². The lowest BCUT2D eigenvalue weighted by atomic mass is 10.0. The largest absolute Gasteiger partial charge is 0.336 e. The van der Waals surface area contributed by atoms with E-state index >= 15 is 0 Å². The molecule has 2 N–H and O–H groups in total. The standard InChI is InChI=1S/C17H15ClFN5/c18-11-2-1-3-13(15(11)19)24-17-16-14(21-9-22-17)5-4-12(23-16)10-6-7-20-8-10/h1-5,9-10,20H,6-8H2,(H,21,22,24)/t10-/m1/s1. The summed E-state index contributed by atoms with van der Waals surface area (Å²) in [6, 6.07) is 8.72. The Balaban J connectivity index is 1.76. The average Bonchev–Trinajstić information content (AvgIpc) is 3.13. The Hall–Kier alpha value is -2.31. The smallest absolute Gasteiger partial charge is 0.165 e. The minimum absolute atomic E-state index is 0.0593. The third-order valence-electron chi connectivity index (χ3n) is 4.19. The summed E-state index contributed by atoms with van der Waals surface area (Å²) in [5.74, 6) is 0.335. The Morgan fingerprint density at radius 3 is 2.96 bits per heavy atom. The molecule has 1 atom stereocenters. The third kappa shape index (κ3) is 2.79. The van der Waals surface area contributed by atoms with Crippen LogP contribution in [0.15, 0.2) is 36.7 Å². The molecule has 0 aliphatic carbocycles. The number of fused-ring (bicyclic) bond motifs is 1. The van der Waals surface area contributed by atoms with Crippen LogP contribution < -0.4 is 10.6 Å². The fourth-order valence-electron chi connectivity index (χ4n) is 2.91. The van der Waals surface area contributed by atoms with Gasteiger partial charge in [0.15, 0.2) is 11.6 Å². The summed E-state index contributed by atoms with van der Waals surface area (Å²) >= 11 is 5.84. The number of hydrogen-bond acceptors (Lipinski definition) is 5. The van der Waals surface area contributed by atoms with Crippen LogP contribution in [0.3, 0.4) is 0 Å². The van der Waals surface area contributed by atoms with Crippen LogP contribution in [-0.2, 0) is 0 Å². The van der Waals surface area contributed by atoms with E-state index in [9.17, 15) is 4.39 Å². The molecule has 7 heteroatoms. The van der Waals surface area contributed by atoms with E-state index in [1.54, 1.807) is 12.1 Å². The fraction of sp³-hybridized carbons (Fsp3) is 0.235. The van der Waals surface area contributed by atoms with Crippen LogP contribution in [0.1, 0.15) is 18.0 Å². The molecule has 0 spiro atoms. The first-order valence-corrected chi connectivity index (χ1v) is 8.13. The van der Waals surface area contributed by atoms with Crippen molar-refractivity contribution in [1.29, 1.82) is 0 Å². The van der Waals surface area contributed by atoms with E-state index in [0.717, 1.165) is 25.2 Å². The highest BCUT2D eigenvalue weighted by atomic mass is 35.5. The van der Waals surface area contributed by atoms with Crippen LogP contribution in [-0.4, -0.2) is 28.0 Å². The minimum Gasteiger partial charge on any atom is -0.336 e. The normalized spacial score (nSPS) is 17.3. The Kier molecular flexibility index (Phi) is 4.00. The van der Waals surface area contributed by atoms with Crippen LogP contribution >= 0.6 is 11.6 Å². The van der Waals surface area contributed by atoms with Crippen molar-refractivity contribution >= 4 is 34.1 Å². The zero-order valence-corrected chi connectivity index (χ0v) is 13.5. The number of benzene rings is 1. The molecule has 1 aliphatic rings. The van der Waals surface area contributed by atoms with E-state index in [1.807, 2.05) is 12.1 Å². The van der Waals surface area contributed by atoms with Gasteiger partial charge in [-0.15, -0.1) is 0 Å². The summed E-state index contributed by atoms with van der Waals surface area (Å²) in [6.07, 6.45) is 2.49. The zero-order chi connectivity index (χ0) is 16.5. The van der Waals surface area contributed by atoms with E-state index in [-0.39, 0.29) is 10.7 Å². The molecule has 1 fully saturated rings. The molecule has 1 aromatic carbocycles. The Labute approximate surface area is 143 Å². The maximum Gasteiger partial charge on any atom is 0.165 e. The lowest BCUT2D eigenvalue weighted by Gasteiger charge is -2.12. The highest BCUT2D eigenvalue weighted by Crippen LogP contribution is 2.28. The number of nitrogens with zero attached hydrogens (tertiary/aromatic N) is 3. The Bertz CT molecular complexity index is 895. The number of anilines is 2. The average molecular weight is 344 g/mol. The second-order valence-corrected chi connectivity index (χ2v) is 6.15. The fourth-order valence-corrected chi connectivity index (χ4v) is 3.08. The van der Waals surface area contributed by atoms with Crippen molar-refractivity contribution < 1.29 is 4.39 Å². The summed E-state index contributed by atoms with van der Waals surface area (Å²) in [5.41, 5.74) is 2.60. The van der Waals surface area contributed by atoms with Gasteiger partial charge in [0, 0.05) is 18.2 Å². The predicted octanol–water partition coefficient (Wildman–Crippen LogP) is 3.64. The van der Waals surface area contributed by atoms with Gasteiger partial charge in [-0.2, -0.15) is 0 Å². The Morgan fingerprint density at radius 2 is 2.12 bits per heavy atom. The lowest BCUT2D eigenvalue weighted by Crippen LogP contribution is -2.09. The highest BCUT2D eigenvalue weighted by Gasteiger charge is 2.19. The predicted molar refractivity (Wildman–Crippen MR) is 92.3 cm³/mol. The SMILES string of the molecule is Fc1c(Cl)cccc1Nc1ncnc2ccc([C@@H]3CCNC3)nc12. The molecule has 0 unspecified atom stereocenters. The maximum absolute atomic E-state index is 14.1. The van der Waals surface area contributed by atoms with E-state index in [2.05, 4.69) is 20.6 Å². The maximum atomic E-state index is 14.1. The van der Waals surface area contributed by atoms with Crippen molar-refractivity contribution in [3.63, 3.8) is 0 Å². The third-order valence-corrected chi connectivity index (χ3v) is 4.48. The van der Waals surface area contributed by atoms with Crippen LogP contribution in [0.25, 0.3) is 11.0 Å². The van der Waals surface area contributed by atoms with Crippen molar-refractivity contribution in [2.24, 2.45) is 0 Å². The van der Waals surface area contributed by atoms with Crippen LogP contribution in [0.4, 0.5) is 15.9 Å². The zero-order valence-electron chi connectivity index (χ0n) is 12.8. The Morgan fingerprint density at radius 1 is 1.21 bits per heavy atom. The summed E-state index contributed by atoms with van der Waals surface area (Å²) in [5, 5.41) is 6.38. The molecule has 2 aromatic heterocycles. The summed E-state index contributed by atoms with van der Waals surface area (Å²) in [7, 11) is 0. The molecule has 4 rings (SSSR count). The van der Waals surface area contributed by atoms with Gasteiger partial charge in [-0.1, -0.05) is 17.7 Å². The molecule has 0 amide bonds. The van der Waals surface area contributed by atoms with E-state index in [0.29, 0.717) is 22.8 Å². The second kappa shape index (κ2) is 6.30. The highest BCUT2D eigenvalue weighted by molar-refractivity contribution is 6.31. The number of aromatic nitrogens is 3. The summed E-state index contributed by atoms with van der Waals surface area (Å²) in [4.78, 5) is 13.2.